The highest BCUT2D eigenvalue weighted by Crippen LogP contribution is 2.21. The molecule has 0 radical (unpaired) electrons. The molecule has 0 fully saturated rings. The highest BCUT2D eigenvalue weighted by atomic mass is 32.1. The Bertz CT molecular complexity index is 570. The molecule has 0 aliphatic heterocycles. The molecule has 1 atom stereocenters. The van der Waals surface area contributed by atoms with Gasteiger partial charge in [0.25, 0.3) is 5.91 Å². The maximum absolute atomic E-state index is 12.1. The topological polar surface area (TPSA) is 71.2 Å². The van der Waals surface area contributed by atoms with E-state index in [1.165, 1.54) is 0 Å². The number of nitrogens with one attached hydrogen (secondary N) is 1. The molecule has 6 heteroatoms. The van der Waals surface area contributed by atoms with Crippen molar-refractivity contribution in [1.29, 1.82) is 0 Å². The largest absolute Gasteiger partial charge is 0.293 e. The van der Waals surface area contributed by atoms with E-state index in [0.29, 0.717) is 6.54 Å². The van der Waals surface area contributed by atoms with Gasteiger partial charge in [-0.2, -0.15) is 0 Å². The van der Waals surface area contributed by atoms with Gasteiger partial charge in [-0.3, -0.25) is 15.1 Å². The van der Waals surface area contributed by atoms with Crippen LogP contribution in [0.25, 0.3) is 0 Å². The molecule has 2 aromatic rings. The van der Waals surface area contributed by atoms with Gasteiger partial charge >= 0.3 is 0 Å². The summed E-state index contributed by atoms with van der Waals surface area (Å²) in [6.07, 6.45) is 0. The normalized spacial score (nSPS) is 12.4. The number of likely N-dealkylation sites (N-methyl/N-ethyl adjacent to an activating group) is 1. The molecular formula is C14H18N4OS. The lowest BCUT2D eigenvalue weighted by atomic mass is 10.1. The maximum atomic E-state index is 12.1. The molecule has 0 bridgehead atoms. The van der Waals surface area contributed by atoms with Gasteiger partial charge < -0.3 is 0 Å². The summed E-state index contributed by atoms with van der Waals surface area (Å²) in [4.78, 5) is 18.4. The van der Waals surface area contributed by atoms with Crippen molar-refractivity contribution in [1.82, 2.24) is 15.3 Å². The zero-order valence-electron chi connectivity index (χ0n) is 11.5. The smallest absolute Gasteiger partial charge is 0.255 e. The average Bonchev–Trinajstić information content (AvgIpc) is 2.85. The quantitative estimate of drug-likeness (QED) is 0.498. The Morgan fingerprint density at radius 1 is 1.45 bits per heavy atom. The van der Waals surface area contributed by atoms with E-state index in [4.69, 9.17) is 5.84 Å². The Kier molecular flexibility index (Phi) is 4.84. The van der Waals surface area contributed by atoms with E-state index in [1.54, 1.807) is 11.3 Å². The first-order chi connectivity index (χ1) is 9.61. The Hall–Kier alpha value is -1.76. The molecule has 1 unspecified atom stereocenters. The first-order valence-corrected chi connectivity index (χ1v) is 7.16. The first kappa shape index (κ1) is 14.6. The second-order valence-corrected chi connectivity index (χ2v) is 5.66. The van der Waals surface area contributed by atoms with E-state index in [9.17, 15) is 4.79 Å². The van der Waals surface area contributed by atoms with Gasteiger partial charge in [0.05, 0.1) is 10.7 Å². The predicted molar refractivity (Wildman–Crippen MR) is 79.8 cm³/mol. The monoisotopic (exact) mass is 290 g/mol. The molecule has 20 heavy (non-hydrogen) atoms. The van der Waals surface area contributed by atoms with E-state index in [0.717, 1.165) is 16.3 Å². The molecule has 0 saturated carbocycles. The Labute approximate surface area is 122 Å². The van der Waals surface area contributed by atoms with Crippen LogP contribution in [0.3, 0.4) is 0 Å². The lowest BCUT2D eigenvalue weighted by Crippen LogP contribution is -2.41. The molecule has 5 nitrogen and oxygen atoms in total. The minimum Gasteiger partial charge on any atom is -0.293 e. The van der Waals surface area contributed by atoms with Crippen molar-refractivity contribution in [3.05, 3.63) is 52.0 Å². The van der Waals surface area contributed by atoms with Crippen LogP contribution in [0.4, 0.5) is 0 Å². The number of carbonyl (C=O) groups excluding carboxylic acids is 1. The van der Waals surface area contributed by atoms with Gasteiger partial charge in [-0.05, 0) is 19.5 Å². The van der Waals surface area contributed by atoms with Crippen molar-refractivity contribution >= 4 is 17.2 Å². The molecule has 1 heterocycles. The van der Waals surface area contributed by atoms with Crippen LogP contribution in [0.1, 0.15) is 22.3 Å². The summed E-state index contributed by atoms with van der Waals surface area (Å²) in [5.74, 6) is 5.07. The number of nitrogens with zero attached hydrogens (tertiary/aromatic N) is 2. The van der Waals surface area contributed by atoms with Gasteiger partial charge in [-0.1, -0.05) is 30.3 Å². The molecule has 0 aliphatic carbocycles. The van der Waals surface area contributed by atoms with Crippen LogP contribution in [0, 0.1) is 6.92 Å². The second-order valence-electron chi connectivity index (χ2n) is 4.59. The van der Waals surface area contributed by atoms with Crippen molar-refractivity contribution < 1.29 is 4.79 Å². The summed E-state index contributed by atoms with van der Waals surface area (Å²) >= 11 is 1.61. The van der Waals surface area contributed by atoms with E-state index >= 15 is 0 Å². The number of hydrogen-bond donors (Lipinski definition) is 2. The number of amides is 1. The van der Waals surface area contributed by atoms with E-state index in [-0.39, 0.29) is 5.91 Å². The van der Waals surface area contributed by atoms with E-state index in [2.05, 4.69) is 10.4 Å². The van der Waals surface area contributed by atoms with Crippen molar-refractivity contribution in [2.24, 2.45) is 5.84 Å². The van der Waals surface area contributed by atoms with Crippen molar-refractivity contribution in [3.63, 3.8) is 0 Å². The molecule has 3 N–H and O–H groups in total. The van der Waals surface area contributed by atoms with Gasteiger partial charge in [-0.15, -0.1) is 11.3 Å². The number of rotatable bonds is 5. The molecule has 0 spiro atoms. The molecule has 0 saturated heterocycles. The van der Waals surface area contributed by atoms with E-state index in [1.807, 2.05) is 54.6 Å². The van der Waals surface area contributed by atoms with Crippen molar-refractivity contribution in [2.45, 2.75) is 19.5 Å². The van der Waals surface area contributed by atoms with Gasteiger partial charge in [0.1, 0.15) is 6.04 Å². The third kappa shape index (κ3) is 3.41. The first-order valence-electron chi connectivity index (χ1n) is 6.28. The van der Waals surface area contributed by atoms with Gasteiger partial charge in [0, 0.05) is 11.9 Å². The molecule has 1 aromatic heterocycles. The summed E-state index contributed by atoms with van der Waals surface area (Å²) in [6.45, 7) is 2.56. The molecule has 1 aromatic carbocycles. The van der Waals surface area contributed by atoms with Crippen LogP contribution in [0.2, 0.25) is 0 Å². The minimum atomic E-state index is -0.428. The fourth-order valence-corrected chi connectivity index (χ4v) is 2.75. The lowest BCUT2D eigenvalue weighted by Gasteiger charge is -2.26. The maximum Gasteiger partial charge on any atom is 0.255 e. The summed E-state index contributed by atoms with van der Waals surface area (Å²) in [5.41, 5.74) is 4.10. The Balaban J connectivity index is 2.20. The third-order valence-corrected chi connectivity index (χ3v) is 3.85. The predicted octanol–water partition coefficient (Wildman–Crippen LogP) is 1.61. The van der Waals surface area contributed by atoms with Crippen molar-refractivity contribution in [3.8, 4) is 0 Å². The van der Waals surface area contributed by atoms with Crippen LogP contribution in [0.15, 0.2) is 35.7 Å². The van der Waals surface area contributed by atoms with E-state index < -0.39 is 6.04 Å². The standard InChI is InChI=1S/C14H18N4OS/c1-10-16-12(9-20-10)8-18(2)13(14(19)17-15)11-6-4-3-5-7-11/h3-7,9,13H,8,15H2,1-2H3,(H,17,19). The fourth-order valence-electron chi connectivity index (χ4n) is 2.15. The zero-order valence-corrected chi connectivity index (χ0v) is 12.4. The number of aromatic nitrogens is 1. The molecular weight excluding hydrogens is 272 g/mol. The number of aryl methyl sites for hydroxylation is 1. The Morgan fingerprint density at radius 2 is 2.15 bits per heavy atom. The molecule has 2 rings (SSSR count). The van der Waals surface area contributed by atoms with Crippen LogP contribution < -0.4 is 11.3 Å². The fraction of sp³-hybridized carbons (Fsp3) is 0.286. The van der Waals surface area contributed by atoms with Crippen LogP contribution >= 0.6 is 11.3 Å². The number of hydrogen-bond acceptors (Lipinski definition) is 5. The highest BCUT2D eigenvalue weighted by Gasteiger charge is 2.24. The summed E-state index contributed by atoms with van der Waals surface area (Å²) in [6, 6.07) is 9.15. The molecule has 0 aliphatic rings. The lowest BCUT2D eigenvalue weighted by molar-refractivity contribution is -0.126. The summed E-state index contributed by atoms with van der Waals surface area (Å²) in [5, 5.41) is 3.03. The van der Waals surface area contributed by atoms with Crippen molar-refractivity contribution in [2.75, 3.05) is 7.05 Å². The third-order valence-electron chi connectivity index (χ3n) is 3.02. The summed E-state index contributed by atoms with van der Waals surface area (Å²) in [7, 11) is 1.89. The second kappa shape index (κ2) is 6.60. The Morgan fingerprint density at radius 3 is 2.70 bits per heavy atom. The SMILES string of the molecule is Cc1nc(CN(C)C(C(=O)NN)c2ccccc2)cs1. The number of benzene rings is 1. The molecule has 106 valence electrons. The number of nitrogens with two attached hydrogens (primary N) is 1. The number of hydrazine groups is 1. The van der Waals surface area contributed by atoms with Crippen LogP contribution in [0.5, 0.6) is 0 Å². The van der Waals surface area contributed by atoms with Gasteiger partial charge in [-0.25, -0.2) is 10.8 Å². The average molecular weight is 290 g/mol. The van der Waals surface area contributed by atoms with Gasteiger partial charge in [0.2, 0.25) is 0 Å². The zero-order chi connectivity index (χ0) is 14.5. The molecule has 1 amide bonds. The highest BCUT2D eigenvalue weighted by molar-refractivity contribution is 7.09. The number of carbonyl (C=O) groups is 1. The van der Waals surface area contributed by atoms with Crippen LogP contribution in [-0.4, -0.2) is 22.8 Å². The van der Waals surface area contributed by atoms with Gasteiger partial charge in [0.15, 0.2) is 0 Å². The summed E-state index contributed by atoms with van der Waals surface area (Å²) < 4.78 is 0. The number of thiazole rings is 1. The minimum absolute atomic E-state index is 0.231. The van der Waals surface area contributed by atoms with Crippen LogP contribution in [-0.2, 0) is 11.3 Å².